The van der Waals surface area contributed by atoms with Crippen molar-refractivity contribution < 1.29 is 0 Å². The van der Waals surface area contributed by atoms with Gasteiger partial charge in [0.15, 0.2) is 5.82 Å². The molecule has 0 bridgehead atoms. The van der Waals surface area contributed by atoms with Crippen LogP contribution in [0.15, 0.2) is 0 Å². The number of tetrazole rings is 1. The number of hydrogen-bond acceptors (Lipinski definition) is 4. The minimum absolute atomic E-state index is 0.209. The maximum Gasteiger partial charge on any atom is 0.152 e. The lowest BCUT2D eigenvalue weighted by atomic mass is 9.84. The van der Waals surface area contributed by atoms with E-state index in [1.165, 1.54) is 0 Å². The van der Waals surface area contributed by atoms with E-state index in [0.717, 1.165) is 25.2 Å². The molecule has 0 aliphatic heterocycles. The lowest BCUT2D eigenvalue weighted by Gasteiger charge is -2.31. The van der Waals surface area contributed by atoms with Gasteiger partial charge in [0.25, 0.3) is 0 Å². The zero-order chi connectivity index (χ0) is 12.2. The first kappa shape index (κ1) is 13.1. The number of nitrogens with one attached hydrogen (secondary N) is 1. The molecule has 1 aromatic heterocycles. The Morgan fingerprint density at radius 3 is 2.50 bits per heavy atom. The van der Waals surface area contributed by atoms with Crippen LogP contribution in [-0.4, -0.2) is 32.8 Å². The zero-order valence-corrected chi connectivity index (χ0v) is 11.0. The molecule has 0 radical (unpaired) electrons. The maximum atomic E-state index is 4.04. The van der Waals surface area contributed by atoms with E-state index in [0.29, 0.717) is 6.04 Å². The minimum Gasteiger partial charge on any atom is -0.313 e. The summed E-state index contributed by atoms with van der Waals surface area (Å²) in [6.45, 7) is 9.93. The molecule has 1 N–H and O–H groups in total. The van der Waals surface area contributed by atoms with E-state index in [1.54, 1.807) is 4.68 Å². The number of nitrogens with zero attached hydrogens (tertiary/aromatic N) is 4. The second-order valence-corrected chi connectivity index (χ2v) is 5.30. The van der Waals surface area contributed by atoms with E-state index < -0.39 is 0 Å². The topological polar surface area (TPSA) is 55.6 Å². The average Bonchev–Trinajstić information content (AvgIpc) is 2.57. The van der Waals surface area contributed by atoms with Gasteiger partial charge in [0.2, 0.25) is 0 Å². The Morgan fingerprint density at radius 1 is 1.38 bits per heavy atom. The Labute approximate surface area is 97.6 Å². The van der Waals surface area contributed by atoms with Crippen LogP contribution in [0.3, 0.4) is 0 Å². The molecule has 0 aliphatic rings. The number of aryl methyl sites for hydroxylation is 1. The van der Waals surface area contributed by atoms with E-state index in [2.05, 4.69) is 48.5 Å². The summed E-state index contributed by atoms with van der Waals surface area (Å²) in [7, 11) is 1.88. The highest BCUT2D eigenvalue weighted by molar-refractivity contribution is 4.91. The van der Waals surface area contributed by atoms with Gasteiger partial charge >= 0.3 is 0 Å². The fourth-order valence-corrected chi connectivity index (χ4v) is 1.61. The summed E-state index contributed by atoms with van der Waals surface area (Å²) in [6.07, 6.45) is 2.01. The molecular formula is C11H23N5. The van der Waals surface area contributed by atoms with Crippen molar-refractivity contribution in [1.29, 1.82) is 0 Å². The molecule has 16 heavy (non-hydrogen) atoms. The van der Waals surface area contributed by atoms with E-state index in [-0.39, 0.29) is 5.41 Å². The second kappa shape index (κ2) is 5.39. The normalized spacial score (nSPS) is 14.1. The highest BCUT2D eigenvalue weighted by atomic mass is 15.5. The van der Waals surface area contributed by atoms with Crippen LogP contribution in [0.5, 0.6) is 0 Å². The van der Waals surface area contributed by atoms with Crippen molar-refractivity contribution >= 4 is 0 Å². The number of rotatable bonds is 5. The van der Waals surface area contributed by atoms with E-state index in [1.807, 2.05) is 7.05 Å². The molecule has 0 spiro atoms. The first-order chi connectivity index (χ1) is 7.45. The third-order valence-corrected chi connectivity index (χ3v) is 2.78. The van der Waals surface area contributed by atoms with Crippen LogP contribution in [0.25, 0.3) is 0 Å². The highest BCUT2D eigenvalue weighted by Crippen LogP contribution is 2.21. The predicted molar refractivity (Wildman–Crippen MR) is 64.0 cm³/mol. The van der Waals surface area contributed by atoms with Gasteiger partial charge in [-0.25, -0.2) is 4.68 Å². The van der Waals surface area contributed by atoms with Crippen molar-refractivity contribution in [3.05, 3.63) is 5.82 Å². The maximum absolute atomic E-state index is 4.04. The molecule has 1 rings (SSSR count). The molecule has 0 amide bonds. The zero-order valence-electron chi connectivity index (χ0n) is 11.0. The standard InChI is InChI=1S/C11H23N5/c1-6-7-12-9(11(2,3)4)8-10-13-14-15-16(10)5/h9,12H,6-8H2,1-5H3. The van der Waals surface area contributed by atoms with Crippen LogP contribution in [0, 0.1) is 5.41 Å². The molecule has 0 aliphatic carbocycles. The first-order valence-corrected chi connectivity index (χ1v) is 5.89. The summed E-state index contributed by atoms with van der Waals surface area (Å²) in [5.74, 6) is 0.934. The van der Waals surface area contributed by atoms with Gasteiger partial charge in [0.1, 0.15) is 0 Å². The van der Waals surface area contributed by atoms with Gasteiger partial charge in [0.05, 0.1) is 0 Å². The number of hydrogen-bond donors (Lipinski definition) is 1. The number of aromatic nitrogens is 4. The van der Waals surface area contributed by atoms with Crippen LogP contribution in [-0.2, 0) is 13.5 Å². The van der Waals surface area contributed by atoms with E-state index in [4.69, 9.17) is 0 Å². The Balaban J connectivity index is 2.67. The summed E-state index contributed by atoms with van der Waals surface area (Å²) < 4.78 is 1.74. The van der Waals surface area contributed by atoms with Crippen molar-refractivity contribution in [3.63, 3.8) is 0 Å². The highest BCUT2D eigenvalue weighted by Gasteiger charge is 2.25. The summed E-state index contributed by atoms with van der Waals surface area (Å²) in [5.41, 5.74) is 0.209. The van der Waals surface area contributed by atoms with Crippen LogP contribution in [0.2, 0.25) is 0 Å². The largest absolute Gasteiger partial charge is 0.313 e. The van der Waals surface area contributed by atoms with Gasteiger partial charge in [-0.1, -0.05) is 27.7 Å². The lowest BCUT2D eigenvalue weighted by Crippen LogP contribution is -2.42. The smallest absolute Gasteiger partial charge is 0.152 e. The molecule has 1 unspecified atom stereocenters. The van der Waals surface area contributed by atoms with Crippen LogP contribution < -0.4 is 5.32 Å². The quantitative estimate of drug-likeness (QED) is 0.817. The second-order valence-electron chi connectivity index (χ2n) is 5.30. The molecule has 0 saturated carbocycles. The Kier molecular flexibility index (Phi) is 4.41. The third kappa shape index (κ3) is 3.56. The Bertz CT molecular complexity index is 312. The third-order valence-electron chi connectivity index (χ3n) is 2.78. The minimum atomic E-state index is 0.209. The fourth-order valence-electron chi connectivity index (χ4n) is 1.61. The predicted octanol–water partition coefficient (Wildman–Crippen LogP) is 1.17. The van der Waals surface area contributed by atoms with E-state index in [9.17, 15) is 0 Å². The van der Waals surface area contributed by atoms with E-state index >= 15 is 0 Å². The Morgan fingerprint density at radius 2 is 2.06 bits per heavy atom. The monoisotopic (exact) mass is 225 g/mol. The average molecular weight is 225 g/mol. The van der Waals surface area contributed by atoms with Gasteiger partial charge in [-0.3, -0.25) is 0 Å². The molecule has 1 aromatic rings. The van der Waals surface area contributed by atoms with Gasteiger partial charge in [-0.15, -0.1) is 5.10 Å². The molecule has 5 nitrogen and oxygen atoms in total. The van der Waals surface area contributed by atoms with Gasteiger partial charge < -0.3 is 5.32 Å². The molecule has 92 valence electrons. The summed E-state index contributed by atoms with van der Waals surface area (Å²) in [6, 6.07) is 0.400. The summed E-state index contributed by atoms with van der Waals surface area (Å²) in [4.78, 5) is 0. The molecule has 1 atom stereocenters. The van der Waals surface area contributed by atoms with Gasteiger partial charge in [0, 0.05) is 19.5 Å². The van der Waals surface area contributed by atoms with Crippen molar-refractivity contribution in [1.82, 2.24) is 25.5 Å². The molecular weight excluding hydrogens is 202 g/mol. The molecule has 0 fully saturated rings. The van der Waals surface area contributed by atoms with Crippen LogP contribution in [0.1, 0.15) is 39.9 Å². The Hall–Kier alpha value is -0.970. The summed E-state index contributed by atoms with van der Waals surface area (Å²) >= 11 is 0. The van der Waals surface area contributed by atoms with Crippen molar-refractivity contribution in [2.45, 2.75) is 46.6 Å². The van der Waals surface area contributed by atoms with Crippen LogP contribution in [0.4, 0.5) is 0 Å². The van der Waals surface area contributed by atoms with Gasteiger partial charge in [-0.05, 0) is 28.8 Å². The molecule has 1 heterocycles. The SMILES string of the molecule is CCCNC(Cc1nnnn1C)C(C)(C)C. The van der Waals surface area contributed by atoms with Crippen molar-refractivity contribution in [3.8, 4) is 0 Å². The lowest BCUT2D eigenvalue weighted by molar-refractivity contribution is 0.262. The molecule has 5 heteroatoms. The van der Waals surface area contributed by atoms with Crippen molar-refractivity contribution in [2.24, 2.45) is 12.5 Å². The molecule has 0 saturated heterocycles. The summed E-state index contributed by atoms with van der Waals surface area (Å²) in [5, 5.41) is 15.1. The molecule has 0 aromatic carbocycles. The van der Waals surface area contributed by atoms with Crippen LogP contribution >= 0.6 is 0 Å². The van der Waals surface area contributed by atoms with Gasteiger partial charge in [-0.2, -0.15) is 0 Å². The fraction of sp³-hybridized carbons (Fsp3) is 0.909. The first-order valence-electron chi connectivity index (χ1n) is 5.89. The van der Waals surface area contributed by atoms with Crippen molar-refractivity contribution in [2.75, 3.05) is 6.54 Å².